The molecular weight excluding hydrogens is 506 g/mol. The van der Waals surface area contributed by atoms with E-state index in [0.29, 0.717) is 47.4 Å². The molecule has 1 aromatic heterocycles. The summed E-state index contributed by atoms with van der Waals surface area (Å²) in [7, 11) is 5.36. The fraction of sp³-hybridized carbons (Fsp3) is 0.333. The highest BCUT2D eigenvalue weighted by Crippen LogP contribution is 2.38. The molecule has 10 heteroatoms. The molecule has 40 heavy (non-hydrogen) atoms. The number of hydrogen-bond donors (Lipinski definition) is 2. The van der Waals surface area contributed by atoms with Crippen molar-refractivity contribution in [3.63, 3.8) is 0 Å². The van der Waals surface area contributed by atoms with E-state index in [9.17, 15) is 9.59 Å². The van der Waals surface area contributed by atoms with Gasteiger partial charge < -0.3 is 30.1 Å². The predicted molar refractivity (Wildman–Crippen MR) is 157 cm³/mol. The first-order chi connectivity index (χ1) is 19.4. The zero-order chi connectivity index (χ0) is 28.2. The fourth-order valence-corrected chi connectivity index (χ4v) is 5.23. The number of carbonyl (C=O) groups excluding carboxylic acids is 2. The molecule has 1 unspecified atom stereocenters. The van der Waals surface area contributed by atoms with Crippen LogP contribution in [0.1, 0.15) is 23.2 Å². The molecule has 1 fully saturated rings. The van der Waals surface area contributed by atoms with Crippen LogP contribution in [-0.2, 0) is 4.79 Å². The predicted octanol–water partition coefficient (Wildman–Crippen LogP) is 3.97. The smallest absolute Gasteiger partial charge is 0.251 e. The van der Waals surface area contributed by atoms with E-state index in [0.717, 1.165) is 25.2 Å². The third kappa shape index (κ3) is 5.62. The summed E-state index contributed by atoms with van der Waals surface area (Å²) in [6, 6.07) is 15.3. The second-order valence-corrected chi connectivity index (χ2v) is 10.2. The number of para-hydroxylation sites is 1. The lowest BCUT2D eigenvalue weighted by Crippen LogP contribution is -2.36. The van der Waals surface area contributed by atoms with Gasteiger partial charge in [-0.25, -0.2) is 4.98 Å². The van der Waals surface area contributed by atoms with E-state index < -0.39 is 0 Å². The summed E-state index contributed by atoms with van der Waals surface area (Å²) in [5.74, 6) is 1.02. The number of methoxy groups -OCH3 is 1. The minimum atomic E-state index is -0.281. The van der Waals surface area contributed by atoms with Crippen LogP contribution in [0.3, 0.4) is 0 Å². The first kappa shape index (κ1) is 27.1. The van der Waals surface area contributed by atoms with Gasteiger partial charge in [-0.2, -0.15) is 4.98 Å². The Balaban J connectivity index is 1.44. The summed E-state index contributed by atoms with van der Waals surface area (Å²) in [5.41, 5.74) is 2.67. The van der Waals surface area contributed by atoms with Gasteiger partial charge in [0, 0.05) is 37.4 Å². The van der Waals surface area contributed by atoms with Crippen LogP contribution in [-0.4, -0.2) is 73.6 Å². The highest BCUT2D eigenvalue weighted by Gasteiger charge is 2.33. The van der Waals surface area contributed by atoms with Crippen molar-refractivity contribution in [2.45, 2.75) is 18.9 Å². The zero-order valence-electron chi connectivity index (χ0n) is 23.1. The number of ether oxygens (including phenoxy) is 1. The molecule has 5 rings (SSSR count). The van der Waals surface area contributed by atoms with Crippen LogP contribution in [0.25, 0.3) is 0 Å². The van der Waals surface area contributed by atoms with Gasteiger partial charge in [0.05, 0.1) is 24.9 Å². The van der Waals surface area contributed by atoms with Crippen LogP contribution in [0.15, 0.2) is 67.4 Å². The van der Waals surface area contributed by atoms with Gasteiger partial charge in [0.2, 0.25) is 11.9 Å². The van der Waals surface area contributed by atoms with Gasteiger partial charge in [-0.1, -0.05) is 24.3 Å². The Morgan fingerprint density at radius 2 is 1.98 bits per heavy atom. The zero-order valence-corrected chi connectivity index (χ0v) is 23.1. The van der Waals surface area contributed by atoms with Crippen molar-refractivity contribution in [1.29, 1.82) is 0 Å². The molecule has 2 aromatic carbocycles. The minimum Gasteiger partial charge on any atom is -0.495 e. The number of allylic oxidation sites excluding steroid dienone is 1. The van der Waals surface area contributed by atoms with E-state index in [1.165, 1.54) is 0 Å². The summed E-state index contributed by atoms with van der Waals surface area (Å²) in [4.78, 5) is 41.4. The molecule has 3 aromatic rings. The fourth-order valence-electron chi connectivity index (χ4n) is 5.23. The van der Waals surface area contributed by atoms with Crippen molar-refractivity contribution in [1.82, 2.24) is 20.2 Å². The molecule has 2 N–H and O–H groups in total. The van der Waals surface area contributed by atoms with E-state index >= 15 is 0 Å². The summed E-state index contributed by atoms with van der Waals surface area (Å²) in [6.07, 6.45) is 4.91. The molecule has 2 aliphatic heterocycles. The molecule has 0 spiro atoms. The quantitative estimate of drug-likeness (QED) is 0.413. The topological polar surface area (TPSA) is 103 Å². The maximum atomic E-state index is 13.3. The molecule has 2 amide bonds. The largest absolute Gasteiger partial charge is 0.495 e. The number of amides is 2. The van der Waals surface area contributed by atoms with Crippen LogP contribution >= 0.6 is 0 Å². The second kappa shape index (κ2) is 11.7. The highest BCUT2D eigenvalue weighted by atomic mass is 16.5. The Hall–Kier alpha value is -4.44. The van der Waals surface area contributed by atoms with Gasteiger partial charge in [-0.05, 0) is 56.8 Å². The number of carbonyl (C=O) groups is 2. The van der Waals surface area contributed by atoms with Crippen molar-refractivity contribution in [3.8, 4) is 5.75 Å². The summed E-state index contributed by atoms with van der Waals surface area (Å²) >= 11 is 0. The number of rotatable bonds is 8. The van der Waals surface area contributed by atoms with Crippen molar-refractivity contribution < 1.29 is 14.3 Å². The number of aromatic nitrogens is 2. The molecule has 0 aliphatic carbocycles. The van der Waals surface area contributed by atoms with E-state index in [4.69, 9.17) is 9.72 Å². The minimum absolute atomic E-state index is 0.0105. The Bertz CT molecular complexity index is 1400. The summed E-state index contributed by atoms with van der Waals surface area (Å²) < 4.78 is 5.61. The van der Waals surface area contributed by atoms with Crippen molar-refractivity contribution in [2.24, 2.45) is 5.92 Å². The maximum absolute atomic E-state index is 13.3. The van der Waals surface area contributed by atoms with Crippen LogP contribution in [0, 0.1) is 5.92 Å². The molecule has 208 valence electrons. The molecule has 10 nitrogen and oxygen atoms in total. The van der Waals surface area contributed by atoms with E-state index in [-0.39, 0.29) is 23.8 Å². The number of hydrogen-bond acceptors (Lipinski definition) is 8. The number of fused-ring (bicyclic) bond motifs is 1. The number of likely N-dealkylation sites (N-methyl/N-ethyl adjacent to an activating group) is 1. The maximum Gasteiger partial charge on any atom is 0.251 e. The summed E-state index contributed by atoms with van der Waals surface area (Å²) in [6.45, 7) is 6.11. The summed E-state index contributed by atoms with van der Waals surface area (Å²) in [5, 5.41) is 6.34. The molecule has 2 atom stereocenters. The van der Waals surface area contributed by atoms with Gasteiger partial charge in [-0.3, -0.25) is 9.59 Å². The first-order valence-corrected chi connectivity index (χ1v) is 13.4. The lowest BCUT2D eigenvalue weighted by atomic mass is 10.0. The van der Waals surface area contributed by atoms with E-state index in [2.05, 4.69) is 34.1 Å². The van der Waals surface area contributed by atoms with Crippen LogP contribution in [0.5, 0.6) is 5.75 Å². The monoisotopic (exact) mass is 541 g/mol. The van der Waals surface area contributed by atoms with Crippen LogP contribution in [0.2, 0.25) is 0 Å². The molecule has 1 saturated heterocycles. The third-order valence-electron chi connectivity index (χ3n) is 7.41. The second-order valence-electron chi connectivity index (χ2n) is 10.2. The Kier molecular flexibility index (Phi) is 7.97. The lowest BCUT2D eigenvalue weighted by molar-refractivity contribution is -0.121. The number of anilines is 5. The van der Waals surface area contributed by atoms with E-state index in [1.54, 1.807) is 49.5 Å². The highest BCUT2D eigenvalue weighted by molar-refractivity contribution is 6.00. The molecule has 3 heterocycles. The third-order valence-corrected chi connectivity index (χ3v) is 7.41. The van der Waals surface area contributed by atoms with Crippen LogP contribution in [0.4, 0.5) is 28.8 Å². The molecule has 2 aliphatic rings. The van der Waals surface area contributed by atoms with Crippen molar-refractivity contribution in [3.05, 3.63) is 72.9 Å². The Morgan fingerprint density at radius 3 is 2.67 bits per heavy atom. The SMILES string of the molecule is C=CCC1CN(c2ccccc2)c2nc(Nc3ccc(C(=O)N[C@@H]4CCN(C)C4)cc3OC)ncc2N(C)C1=O. The normalized spacial score (nSPS) is 19.1. The standard InChI is InChI=1S/C30H35N7O3/c1-5-9-21-18-37(23-10-7-6-8-11-23)27-25(36(3)29(21)39)17-31-30(34-27)33-24-13-12-20(16-26(24)40-4)28(38)32-22-14-15-35(2)19-22/h5-8,10-13,16-17,21-22H,1,9,14-15,18-19H2,2-4H3,(H,32,38)(H,31,33,34)/t21?,22-/m1/s1. The van der Waals surface area contributed by atoms with Crippen LogP contribution < -0.4 is 25.2 Å². The number of benzene rings is 2. The molecular formula is C30H35N7O3. The van der Waals surface area contributed by atoms with Gasteiger partial charge in [0.25, 0.3) is 5.91 Å². The molecule has 0 saturated carbocycles. The average molecular weight is 542 g/mol. The van der Waals surface area contributed by atoms with Crippen molar-refractivity contribution in [2.75, 3.05) is 56.0 Å². The van der Waals surface area contributed by atoms with E-state index in [1.807, 2.05) is 35.2 Å². The van der Waals surface area contributed by atoms with Gasteiger partial charge in [0.1, 0.15) is 11.4 Å². The first-order valence-electron chi connectivity index (χ1n) is 13.4. The number of likely N-dealkylation sites (tertiary alicyclic amines) is 1. The number of nitrogens with zero attached hydrogens (tertiary/aromatic N) is 5. The Labute approximate surface area is 234 Å². The lowest BCUT2D eigenvalue weighted by Gasteiger charge is -2.25. The van der Waals surface area contributed by atoms with Gasteiger partial charge >= 0.3 is 0 Å². The van der Waals surface area contributed by atoms with Crippen molar-refractivity contribution >= 4 is 40.6 Å². The Morgan fingerprint density at radius 1 is 1.18 bits per heavy atom. The average Bonchev–Trinajstić information content (AvgIpc) is 3.35. The molecule has 0 bridgehead atoms. The number of nitrogens with one attached hydrogen (secondary N) is 2. The van der Waals surface area contributed by atoms with Gasteiger partial charge in [0.15, 0.2) is 5.82 Å². The van der Waals surface area contributed by atoms with Gasteiger partial charge in [-0.15, -0.1) is 6.58 Å². The molecule has 0 radical (unpaired) electrons.